The first-order valence-electron chi connectivity index (χ1n) is 7.67. The Labute approximate surface area is 144 Å². The van der Waals surface area contributed by atoms with Gasteiger partial charge in [-0.25, -0.2) is 4.98 Å². The van der Waals surface area contributed by atoms with Gasteiger partial charge in [0.1, 0.15) is 0 Å². The van der Waals surface area contributed by atoms with E-state index in [1.165, 1.54) is 6.20 Å². The molecule has 2 aromatic carbocycles. The van der Waals surface area contributed by atoms with E-state index in [9.17, 15) is 9.59 Å². The van der Waals surface area contributed by atoms with Gasteiger partial charge in [0.2, 0.25) is 0 Å². The van der Waals surface area contributed by atoms with Crippen molar-refractivity contribution < 1.29 is 14.3 Å². The lowest BCUT2D eigenvalue weighted by atomic mass is 9.99. The van der Waals surface area contributed by atoms with Crippen LogP contribution >= 0.6 is 0 Å². The van der Waals surface area contributed by atoms with E-state index in [0.29, 0.717) is 12.2 Å². The number of fused-ring (bicyclic) bond motifs is 1. The first kappa shape index (κ1) is 16.6. The zero-order valence-corrected chi connectivity index (χ0v) is 13.7. The van der Waals surface area contributed by atoms with Crippen molar-refractivity contribution in [2.75, 3.05) is 12.4 Å². The predicted molar refractivity (Wildman–Crippen MR) is 95.4 cm³/mol. The Balaban J connectivity index is 2.01. The number of rotatable bonds is 5. The zero-order valence-electron chi connectivity index (χ0n) is 13.7. The van der Waals surface area contributed by atoms with Crippen LogP contribution in [0, 0.1) is 0 Å². The van der Waals surface area contributed by atoms with Gasteiger partial charge in [-0.05, 0) is 34.5 Å². The van der Waals surface area contributed by atoms with Crippen LogP contribution in [0.5, 0.6) is 0 Å². The van der Waals surface area contributed by atoms with Crippen molar-refractivity contribution in [1.82, 2.24) is 4.98 Å². The zero-order chi connectivity index (χ0) is 17.8. The molecule has 0 fully saturated rings. The van der Waals surface area contributed by atoms with Gasteiger partial charge in [0.15, 0.2) is 5.69 Å². The molecular weight excluding hydrogens is 318 g/mol. The number of pyridine rings is 1. The number of ether oxygens (including phenoxy) is 1. The molecule has 0 saturated carbocycles. The van der Waals surface area contributed by atoms with Crippen LogP contribution in [-0.2, 0) is 11.3 Å². The van der Waals surface area contributed by atoms with E-state index in [-0.39, 0.29) is 17.3 Å². The molecule has 0 aliphatic heterocycles. The van der Waals surface area contributed by atoms with Gasteiger partial charge >= 0.3 is 0 Å². The van der Waals surface area contributed by atoms with Gasteiger partial charge in [-0.3, -0.25) is 9.59 Å². The fourth-order valence-corrected chi connectivity index (χ4v) is 2.73. The van der Waals surface area contributed by atoms with Crippen molar-refractivity contribution in [2.45, 2.75) is 6.61 Å². The van der Waals surface area contributed by atoms with Gasteiger partial charge < -0.3 is 15.8 Å². The van der Waals surface area contributed by atoms with E-state index in [4.69, 9.17) is 10.5 Å². The number of aromatic nitrogens is 1. The number of carbonyl (C=O) groups is 2. The Morgan fingerprint density at radius 2 is 1.84 bits per heavy atom. The van der Waals surface area contributed by atoms with Crippen molar-refractivity contribution in [3.63, 3.8) is 0 Å². The number of amides is 2. The van der Waals surface area contributed by atoms with Crippen molar-refractivity contribution in [3.05, 3.63) is 71.5 Å². The number of nitrogens with one attached hydrogen (secondary N) is 1. The third-order valence-corrected chi connectivity index (χ3v) is 3.85. The van der Waals surface area contributed by atoms with Crippen molar-refractivity contribution in [1.29, 1.82) is 0 Å². The molecule has 3 aromatic rings. The number of hydrogen-bond acceptors (Lipinski definition) is 4. The molecular formula is C19H17N3O3. The summed E-state index contributed by atoms with van der Waals surface area (Å²) in [6, 6.07) is 14.4. The summed E-state index contributed by atoms with van der Waals surface area (Å²) in [5.74, 6) is -1.04. The second kappa shape index (κ2) is 7.11. The Morgan fingerprint density at radius 1 is 1.08 bits per heavy atom. The molecule has 3 rings (SSSR count). The molecule has 1 aromatic heterocycles. The number of anilines is 1. The van der Waals surface area contributed by atoms with E-state index in [2.05, 4.69) is 10.3 Å². The van der Waals surface area contributed by atoms with Crippen LogP contribution in [0.1, 0.15) is 26.4 Å². The molecule has 0 unspecified atom stereocenters. The van der Waals surface area contributed by atoms with Crippen LogP contribution in [0.2, 0.25) is 0 Å². The van der Waals surface area contributed by atoms with Gasteiger partial charge in [0, 0.05) is 18.9 Å². The molecule has 0 aliphatic carbocycles. The van der Waals surface area contributed by atoms with Gasteiger partial charge in [-0.15, -0.1) is 0 Å². The molecule has 0 bridgehead atoms. The maximum Gasteiger partial charge on any atom is 0.269 e. The normalized spacial score (nSPS) is 10.6. The third-order valence-electron chi connectivity index (χ3n) is 3.85. The Hall–Kier alpha value is -3.25. The van der Waals surface area contributed by atoms with Crippen molar-refractivity contribution >= 4 is 28.3 Å². The molecule has 0 spiro atoms. The summed E-state index contributed by atoms with van der Waals surface area (Å²) >= 11 is 0. The number of methoxy groups -OCH3 is 1. The Kier molecular flexibility index (Phi) is 4.72. The summed E-state index contributed by atoms with van der Waals surface area (Å²) in [5, 5.41) is 4.47. The standard InChI is InChI=1S/C19H17N3O3/c1-25-11-12-8-9-15(14-6-3-2-5-13(12)14)19(24)22-16-7-4-10-21-17(16)18(20)23/h2-10H,11H2,1H3,(H2,20,23)(H,22,24). The second-order valence-corrected chi connectivity index (χ2v) is 5.47. The van der Waals surface area contributed by atoms with Crippen LogP contribution in [0.3, 0.4) is 0 Å². The SMILES string of the molecule is COCc1ccc(C(=O)Nc2cccnc2C(N)=O)c2ccccc12. The highest BCUT2D eigenvalue weighted by Crippen LogP contribution is 2.24. The summed E-state index contributed by atoms with van der Waals surface area (Å²) in [5.41, 5.74) is 7.10. The van der Waals surface area contributed by atoms with E-state index in [1.807, 2.05) is 30.3 Å². The van der Waals surface area contributed by atoms with Gasteiger partial charge in [-0.1, -0.05) is 30.3 Å². The lowest BCUT2D eigenvalue weighted by Crippen LogP contribution is -2.19. The van der Waals surface area contributed by atoms with Crippen LogP contribution in [-0.4, -0.2) is 23.9 Å². The maximum absolute atomic E-state index is 12.7. The van der Waals surface area contributed by atoms with Crippen LogP contribution in [0.15, 0.2) is 54.7 Å². The Bertz CT molecular complexity index is 954. The highest BCUT2D eigenvalue weighted by molar-refractivity contribution is 6.14. The van der Waals surface area contributed by atoms with Crippen LogP contribution < -0.4 is 11.1 Å². The highest BCUT2D eigenvalue weighted by atomic mass is 16.5. The number of primary amides is 1. The largest absolute Gasteiger partial charge is 0.380 e. The number of nitrogens with zero attached hydrogens (tertiary/aromatic N) is 1. The van der Waals surface area contributed by atoms with E-state index in [0.717, 1.165) is 16.3 Å². The molecule has 126 valence electrons. The van der Waals surface area contributed by atoms with Gasteiger partial charge in [0.25, 0.3) is 11.8 Å². The van der Waals surface area contributed by atoms with Gasteiger partial charge in [-0.2, -0.15) is 0 Å². The number of nitrogens with two attached hydrogens (primary N) is 1. The first-order valence-corrected chi connectivity index (χ1v) is 7.67. The lowest BCUT2D eigenvalue weighted by Gasteiger charge is -2.12. The molecule has 6 heteroatoms. The fraction of sp³-hybridized carbons (Fsp3) is 0.105. The quantitative estimate of drug-likeness (QED) is 0.749. The van der Waals surface area contributed by atoms with E-state index >= 15 is 0 Å². The number of benzene rings is 2. The van der Waals surface area contributed by atoms with Crippen molar-refractivity contribution in [2.24, 2.45) is 5.73 Å². The summed E-state index contributed by atoms with van der Waals surface area (Å²) in [6.07, 6.45) is 1.45. The molecule has 0 aliphatic rings. The van der Waals surface area contributed by atoms with E-state index < -0.39 is 5.91 Å². The first-order chi connectivity index (χ1) is 12.1. The highest BCUT2D eigenvalue weighted by Gasteiger charge is 2.16. The average Bonchev–Trinajstić information content (AvgIpc) is 2.62. The summed E-state index contributed by atoms with van der Waals surface area (Å²) < 4.78 is 5.21. The monoisotopic (exact) mass is 335 g/mol. The molecule has 1 heterocycles. The lowest BCUT2D eigenvalue weighted by molar-refractivity contribution is 0.0996. The predicted octanol–water partition coefficient (Wildman–Crippen LogP) is 2.73. The summed E-state index contributed by atoms with van der Waals surface area (Å²) in [6.45, 7) is 0.455. The number of hydrogen-bond donors (Lipinski definition) is 2. The molecule has 25 heavy (non-hydrogen) atoms. The summed E-state index contributed by atoms with van der Waals surface area (Å²) in [7, 11) is 1.63. The Morgan fingerprint density at radius 3 is 2.56 bits per heavy atom. The molecule has 3 N–H and O–H groups in total. The van der Waals surface area contributed by atoms with Crippen LogP contribution in [0.25, 0.3) is 10.8 Å². The minimum atomic E-state index is -0.698. The molecule has 0 radical (unpaired) electrons. The summed E-state index contributed by atoms with van der Waals surface area (Å²) in [4.78, 5) is 28.1. The smallest absolute Gasteiger partial charge is 0.269 e. The van der Waals surface area contributed by atoms with Crippen LogP contribution in [0.4, 0.5) is 5.69 Å². The molecule has 0 saturated heterocycles. The topological polar surface area (TPSA) is 94.3 Å². The molecule has 2 amide bonds. The fourth-order valence-electron chi connectivity index (χ4n) is 2.73. The average molecular weight is 335 g/mol. The van der Waals surface area contributed by atoms with Crippen molar-refractivity contribution in [3.8, 4) is 0 Å². The van der Waals surface area contributed by atoms with E-state index in [1.54, 1.807) is 25.3 Å². The molecule has 6 nitrogen and oxygen atoms in total. The number of carbonyl (C=O) groups excluding carboxylic acids is 2. The maximum atomic E-state index is 12.7. The third kappa shape index (κ3) is 3.34. The second-order valence-electron chi connectivity index (χ2n) is 5.47. The minimum absolute atomic E-state index is 0.0242. The van der Waals surface area contributed by atoms with Gasteiger partial charge in [0.05, 0.1) is 12.3 Å². The minimum Gasteiger partial charge on any atom is -0.380 e. The molecule has 0 atom stereocenters.